The summed E-state index contributed by atoms with van der Waals surface area (Å²) in [6, 6.07) is 15.6. The number of rotatable bonds is 6. The largest absolute Gasteiger partial charge is 1.00 e. The second-order valence-corrected chi connectivity index (χ2v) is 14.1. The number of aromatic hydroxyl groups is 1. The van der Waals surface area contributed by atoms with Gasteiger partial charge in [-0.05, 0) is 55.5 Å². The fraction of sp³-hybridized carbons (Fsp3) is 0.129. The number of benzene rings is 3. The third-order valence-corrected chi connectivity index (χ3v) is 6.02. The number of halogens is 7. The maximum absolute atomic E-state index is 13.2. The van der Waals surface area contributed by atoms with Gasteiger partial charge < -0.3 is 25.5 Å². The number of Topliss-reactive ketones (excluding diaryl/α,β-unsaturated/α-hetero) is 3. The Hall–Kier alpha value is -0.0378. The normalized spacial score (nSPS) is 9.06. The van der Waals surface area contributed by atoms with Crippen LogP contribution in [-0.4, -0.2) is 46.4 Å². The van der Waals surface area contributed by atoms with Gasteiger partial charge in [0.15, 0.2) is 23.6 Å². The van der Waals surface area contributed by atoms with E-state index in [2.05, 4.69) is 49.0 Å². The number of phenols is 1. The van der Waals surface area contributed by atoms with E-state index >= 15 is 0 Å². The number of hydrogen-bond donors (Lipinski definition) is 1. The summed E-state index contributed by atoms with van der Waals surface area (Å²) < 4.78 is 49.0. The van der Waals surface area contributed by atoms with Crippen LogP contribution in [0.25, 0.3) is 21.9 Å². The average molecular weight is 1030 g/mol. The maximum Gasteiger partial charge on any atom is 1.00 e. The van der Waals surface area contributed by atoms with Crippen molar-refractivity contribution in [2.24, 2.45) is 0 Å². The van der Waals surface area contributed by atoms with Crippen molar-refractivity contribution in [2.45, 2.75) is 13.8 Å². The molecule has 5 aromatic rings. The van der Waals surface area contributed by atoms with Crippen molar-refractivity contribution < 1.29 is 177 Å². The Morgan fingerprint density at radius 3 is 1.59 bits per heavy atom. The van der Waals surface area contributed by atoms with Crippen LogP contribution in [0.15, 0.2) is 75.6 Å². The van der Waals surface area contributed by atoms with Crippen molar-refractivity contribution >= 4 is 108 Å². The van der Waals surface area contributed by atoms with E-state index < -0.39 is 5.82 Å². The minimum atomic E-state index is -0.699. The number of carbonyl (C=O) groups excluding carboxylic acids is 5. The van der Waals surface area contributed by atoms with E-state index in [0.717, 1.165) is 6.07 Å². The molecule has 0 atom stereocenters. The standard InChI is InChI=1S/C10H6BrFO2.C10H7FO2.C7H5FO2.C3H5ClO.CH2O3.2BrH.Cu.2K.H/c11-5-8(13)10-4-6-7(12)2-1-3-9(6)14-10;1-6(12)10-5-7-8(11)3-2-4-9(7)13-10;8-6-2-1-3-7(10)5(6)4-9;1-3(5)2-4;2-1-4-3;;;;;;/h1-4H,5H2;2-5H,1H3;1-4,10H;2H2,1H3;1,3H;2*1H;;;;/q;;;;;;;+2;2*+1;-1/p-3. The molecule has 0 saturated heterocycles. The Balaban J connectivity index is -0.000000283. The molecule has 2 aromatic heterocycles. The van der Waals surface area contributed by atoms with Crippen molar-refractivity contribution in [1.82, 2.24) is 0 Å². The van der Waals surface area contributed by atoms with Crippen LogP contribution >= 0.6 is 55.8 Å². The molecule has 10 nitrogen and oxygen atoms in total. The molecule has 0 spiro atoms. The number of fused-ring (bicyclic) bond motifs is 2. The number of ketones is 3. The van der Waals surface area contributed by atoms with Crippen LogP contribution in [0.5, 0.6) is 5.75 Å². The third kappa shape index (κ3) is 21.6. The molecule has 0 aliphatic carbocycles. The van der Waals surface area contributed by atoms with Crippen LogP contribution < -0.4 is 108 Å². The number of phenolic OH excluding ortho intramolecular Hbond substituents is 1. The first-order chi connectivity index (χ1) is 23.3. The van der Waals surface area contributed by atoms with Gasteiger partial charge in [-0.1, -0.05) is 34.1 Å². The molecular formula is C31H25Br3ClCuF3K2O10. The van der Waals surface area contributed by atoms with Crippen LogP contribution in [0.1, 0.15) is 46.7 Å². The van der Waals surface area contributed by atoms with Gasteiger partial charge in [0.25, 0.3) is 6.47 Å². The predicted octanol–water partition coefficient (Wildman–Crippen LogP) is 2.33. The molecule has 0 aliphatic rings. The molecule has 0 fully saturated rings. The Bertz CT molecular complexity index is 1820. The number of furan rings is 2. The maximum atomic E-state index is 13.2. The van der Waals surface area contributed by atoms with Gasteiger partial charge in [-0.25, -0.2) is 13.2 Å². The van der Waals surface area contributed by atoms with Crippen molar-refractivity contribution in [1.29, 1.82) is 0 Å². The van der Waals surface area contributed by atoms with E-state index in [1.165, 1.54) is 61.6 Å². The van der Waals surface area contributed by atoms with Crippen molar-refractivity contribution in [3.63, 3.8) is 0 Å². The molecule has 20 heteroatoms. The average Bonchev–Trinajstić information content (AvgIpc) is 3.73. The van der Waals surface area contributed by atoms with Crippen molar-refractivity contribution in [3.8, 4) is 5.75 Å². The molecule has 0 bridgehead atoms. The minimum absolute atomic E-state index is 0. The smallest absolute Gasteiger partial charge is 1.00 e. The van der Waals surface area contributed by atoms with Crippen LogP contribution in [0.2, 0.25) is 0 Å². The zero-order chi connectivity index (χ0) is 37.5. The van der Waals surface area contributed by atoms with Crippen LogP contribution in [0.4, 0.5) is 13.2 Å². The minimum Gasteiger partial charge on any atom is -1.00 e. The van der Waals surface area contributed by atoms with E-state index in [0.29, 0.717) is 21.9 Å². The quantitative estimate of drug-likeness (QED) is 0.0668. The molecule has 2 heterocycles. The van der Waals surface area contributed by atoms with Gasteiger partial charge >= 0.3 is 142 Å². The Morgan fingerprint density at radius 1 is 0.882 bits per heavy atom. The van der Waals surface area contributed by atoms with Crippen LogP contribution in [-0.2, 0) is 25.8 Å². The summed E-state index contributed by atoms with van der Waals surface area (Å²) >= 11 is 15.4. The molecule has 0 amide bonds. The Morgan fingerprint density at radius 2 is 1.27 bits per heavy atom. The second-order valence-electron chi connectivity index (χ2n) is 8.50. The summed E-state index contributed by atoms with van der Waals surface area (Å²) in [5, 5.41) is 18.1. The first-order valence-electron chi connectivity index (χ1n) is 12.7. The van der Waals surface area contributed by atoms with Gasteiger partial charge in [0.2, 0.25) is 5.78 Å². The van der Waals surface area contributed by atoms with Crippen molar-refractivity contribution in [2.75, 3.05) is 11.2 Å². The van der Waals surface area contributed by atoms with Gasteiger partial charge in [-0.3, -0.25) is 24.0 Å². The van der Waals surface area contributed by atoms with Crippen molar-refractivity contribution in [3.05, 3.63) is 101 Å². The van der Waals surface area contributed by atoms with E-state index in [-0.39, 0.29) is 180 Å². The van der Waals surface area contributed by atoms with E-state index in [4.69, 9.17) is 35.6 Å². The molecule has 271 valence electrons. The second kappa shape index (κ2) is 32.2. The molecule has 0 aliphatic heterocycles. The fourth-order valence-electron chi connectivity index (χ4n) is 3.07. The van der Waals surface area contributed by atoms with E-state index in [1.807, 2.05) is 0 Å². The monoisotopic (exact) mass is 1030 g/mol. The number of alkyl halides is 2. The molecular weight excluding hydrogens is 1010 g/mol. The first-order valence-corrected chi connectivity index (χ1v) is 19.0. The number of aldehydes is 1. The summed E-state index contributed by atoms with van der Waals surface area (Å²) in [6.07, 6.45) is 0.282. The molecule has 0 radical (unpaired) electrons. The van der Waals surface area contributed by atoms with Gasteiger partial charge in [0.05, 0.1) is 27.5 Å². The Labute approximate surface area is 409 Å². The zero-order valence-corrected chi connectivity index (χ0v) is 39.7. The van der Waals surface area contributed by atoms with Crippen LogP contribution in [0.3, 0.4) is 0 Å². The third-order valence-electron chi connectivity index (χ3n) is 5.13. The zero-order valence-electron chi connectivity index (χ0n) is 28.0. The molecule has 0 saturated carbocycles. The number of carbonyl (C=O) groups is 5. The summed E-state index contributed by atoms with van der Waals surface area (Å²) in [5.74, 6) is -1.62. The molecule has 3 aromatic carbocycles. The summed E-state index contributed by atoms with van der Waals surface area (Å²) in [5.41, 5.74) is 0.516. The van der Waals surface area contributed by atoms with Gasteiger partial charge in [-0.15, -0.1) is 11.6 Å². The molecule has 5 rings (SSSR count). The SMILES string of the molecule is CC(=O)CCl.CC(=O)c1cc2c(F)cccc2o1.O=C(CBr)c1cc2c(F)cccc2o1.O=CO[O-].O=Cc1c(O)cccc1F.[Br][Cu][Br].[H-].[K+].[K+]. The van der Waals surface area contributed by atoms with E-state index in [9.17, 15) is 32.3 Å². The summed E-state index contributed by atoms with van der Waals surface area (Å²) in [6.45, 7) is 2.66. The fourth-order valence-corrected chi connectivity index (χ4v) is 3.35. The predicted molar refractivity (Wildman–Crippen MR) is 181 cm³/mol. The topological polar surface area (TPSA) is 164 Å². The molecule has 1 N–H and O–H groups in total. The van der Waals surface area contributed by atoms with Crippen LogP contribution in [0, 0.1) is 17.5 Å². The van der Waals surface area contributed by atoms with Gasteiger partial charge in [0, 0.05) is 6.92 Å². The summed E-state index contributed by atoms with van der Waals surface area (Å²) in [7, 11) is 0. The molecule has 0 unspecified atom stereocenters. The van der Waals surface area contributed by atoms with E-state index in [1.54, 1.807) is 24.3 Å². The molecule has 51 heavy (non-hydrogen) atoms. The van der Waals surface area contributed by atoms with Gasteiger partial charge in [0.1, 0.15) is 40.2 Å². The summed E-state index contributed by atoms with van der Waals surface area (Å²) in [4.78, 5) is 53.1. The number of hydrogen-bond acceptors (Lipinski definition) is 10. The Kier molecular flexibility index (Phi) is 34.9. The van der Waals surface area contributed by atoms with Gasteiger partial charge in [-0.2, -0.15) is 0 Å². The first kappa shape index (κ1) is 55.3.